The molecule has 5 heteroatoms. The van der Waals surface area contributed by atoms with Crippen molar-refractivity contribution in [3.63, 3.8) is 0 Å². The molecule has 0 amide bonds. The largest absolute Gasteiger partial charge is 0.309 e. The minimum atomic E-state index is 0.624. The van der Waals surface area contributed by atoms with E-state index in [-0.39, 0.29) is 0 Å². The van der Waals surface area contributed by atoms with E-state index in [0.717, 1.165) is 61.1 Å². The van der Waals surface area contributed by atoms with Crippen molar-refractivity contribution in [3.8, 4) is 62.2 Å². The first-order valence-corrected chi connectivity index (χ1v) is 19.2. The molecule has 0 saturated carbocycles. The lowest BCUT2D eigenvalue weighted by molar-refractivity contribution is 1.07. The number of benzene rings is 8. The topological polar surface area (TPSA) is 56.5 Å². The Hall–Kier alpha value is -7.76. The van der Waals surface area contributed by atoms with E-state index in [1.807, 2.05) is 60.7 Å². The molecule has 0 saturated heterocycles. The molecule has 266 valence electrons. The van der Waals surface area contributed by atoms with Gasteiger partial charge in [0.15, 0.2) is 17.5 Å². The molecule has 57 heavy (non-hydrogen) atoms. The van der Waals surface area contributed by atoms with Gasteiger partial charge in [0.1, 0.15) is 0 Å². The molecule has 0 fully saturated rings. The van der Waals surface area contributed by atoms with E-state index in [2.05, 4.69) is 144 Å². The molecule has 11 aromatic rings. The molecule has 8 aromatic carbocycles. The summed E-state index contributed by atoms with van der Waals surface area (Å²) >= 11 is 0. The molecular weight excluding hydrogens is 695 g/mol. The number of hydrogen-bond donors (Lipinski definition) is 0. The zero-order valence-corrected chi connectivity index (χ0v) is 30.8. The van der Waals surface area contributed by atoms with Crippen LogP contribution in [0, 0.1) is 0 Å². The van der Waals surface area contributed by atoms with Gasteiger partial charge in [-0.1, -0.05) is 182 Å². The monoisotopic (exact) mass is 727 g/mol. The summed E-state index contributed by atoms with van der Waals surface area (Å²) in [5.41, 5.74) is 11.4. The minimum Gasteiger partial charge on any atom is -0.309 e. The fourth-order valence-corrected chi connectivity index (χ4v) is 8.20. The third kappa shape index (κ3) is 5.56. The summed E-state index contributed by atoms with van der Waals surface area (Å²) in [6.07, 6.45) is 0. The highest BCUT2D eigenvalue weighted by molar-refractivity contribution is 6.27. The summed E-state index contributed by atoms with van der Waals surface area (Å²) in [5.74, 6) is 1.90. The molecule has 0 aliphatic heterocycles. The van der Waals surface area contributed by atoms with Crippen molar-refractivity contribution < 1.29 is 0 Å². The Morgan fingerprint density at radius 2 is 0.807 bits per heavy atom. The summed E-state index contributed by atoms with van der Waals surface area (Å²) in [4.78, 5) is 20.4. The van der Waals surface area contributed by atoms with Crippen molar-refractivity contribution in [2.75, 3.05) is 0 Å². The Bertz CT molecular complexity index is 3190. The standard InChI is InChI=1S/C52H33N5/c1-5-16-35(17-6-1)47-44-33-32-42-41-24-13-14-27-45(41)57(39-22-11-4-12-23-39)49(42)46(44)43-26-15-25-40(48(43)53-47)34-28-30-38(31-29-34)52-55-50(36-18-7-2-8-19-36)54-51(56-52)37-20-9-3-10-21-37/h1-33H. The molecule has 0 unspecified atom stereocenters. The molecule has 11 rings (SSSR count). The van der Waals surface area contributed by atoms with Gasteiger partial charge in [-0.15, -0.1) is 0 Å². The number of nitrogens with zero attached hydrogens (tertiary/aromatic N) is 5. The van der Waals surface area contributed by atoms with Crippen LogP contribution in [-0.2, 0) is 0 Å². The van der Waals surface area contributed by atoms with Crippen molar-refractivity contribution in [3.05, 3.63) is 200 Å². The van der Waals surface area contributed by atoms with Crippen LogP contribution in [0.25, 0.3) is 106 Å². The lowest BCUT2D eigenvalue weighted by Gasteiger charge is -2.16. The normalized spacial score (nSPS) is 11.5. The van der Waals surface area contributed by atoms with Crippen LogP contribution in [0.1, 0.15) is 0 Å². The Morgan fingerprint density at radius 3 is 1.44 bits per heavy atom. The first-order chi connectivity index (χ1) is 28.3. The lowest BCUT2D eigenvalue weighted by atomic mass is 9.94. The Morgan fingerprint density at radius 1 is 0.316 bits per heavy atom. The fourth-order valence-electron chi connectivity index (χ4n) is 8.20. The van der Waals surface area contributed by atoms with E-state index in [1.165, 1.54) is 27.2 Å². The third-order valence-electron chi connectivity index (χ3n) is 10.8. The molecule has 3 aromatic heterocycles. The maximum absolute atomic E-state index is 5.54. The maximum Gasteiger partial charge on any atom is 0.164 e. The highest BCUT2D eigenvalue weighted by Gasteiger charge is 2.21. The van der Waals surface area contributed by atoms with Gasteiger partial charge in [0.05, 0.1) is 22.2 Å². The van der Waals surface area contributed by atoms with Crippen molar-refractivity contribution in [1.82, 2.24) is 24.5 Å². The molecule has 0 N–H and O–H groups in total. The van der Waals surface area contributed by atoms with Crippen molar-refractivity contribution in [1.29, 1.82) is 0 Å². The zero-order valence-electron chi connectivity index (χ0n) is 30.8. The van der Waals surface area contributed by atoms with Gasteiger partial charge in [-0.2, -0.15) is 0 Å². The van der Waals surface area contributed by atoms with Crippen LogP contribution in [0.2, 0.25) is 0 Å². The Balaban J connectivity index is 1.14. The minimum absolute atomic E-state index is 0.624. The lowest BCUT2D eigenvalue weighted by Crippen LogP contribution is -2.00. The third-order valence-corrected chi connectivity index (χ3v) is 10.8. The highest BCUT2D eigenvalue weighted by Crippen LogP contribution is 2.43. The summed E-state index contributed by atoms with van der Waals surface area (Å²) in [5, 5.41) is 5.84. The van der Waals surface area contributed by atoms with Crippen LogP contribution >= 0.6 is 0 Å². The van der Waals surface area contributed by atoms with Crippen molar-refractivity contribution in [2.45, 2.75) is 0 Å². The Labute approximate surface area is 329 Å². The van der Waals surface area contributed by atoms with Gasteiger partial charge >= 0.3 is 0 Å². The average Bonchev–Trinajstić information content (AvgIpc) is 3.64. The van der Waals surface area contributed by atoms with Crippen LogP contribution in [0.5, 0.6) is 0 Å². The summed E-state index contributed by atoms with van der Waals surface area (Å²) in [7, 11) is 0. The predicted octanol–water partition coefficient (Wildman–Crippen LogP) is 13.0. The summed E-state index contributed by atoms with van der Waals surface area (Å²) in [6.45, 7) is 0. The molecule has 0 atom stereocenters. The van der Waals surface area contributed by atoms with Gasteiger partial charge in [-0.25, -0.2) is 19.9 Å². The van der Waals surface area contributed by atoms with Gasteiger partial charge in [-0.3, -0.25) is 0 Å². The van der Waals surface area contributed by atoms with E-state index in [0.29, 0.717) is 17.5 Å². The zero-order chi connectivity index (χ0) is 37.7. The SMILES string of the molecule is c1ccc(-c2nc(-c3ccccc3)nc(-c3ccc(-c4cccc5c4nc(-c4ccccc4)c4ccc6c7ccccc7n(-c7ccccc7)c6c45)cc3)n2)cc1. The van der Waals surface area contributed by atoms with Crippen LogP contribution in [-0.4, -0.2) is 24.5 Å². The number of hydrogen-bond acceptors (Lipinski definition) is 4. The summed E-state index contributed by atoms with van der Waals surface area (Å²) in [6, 6.07) is 69.7. The molecule has 0 aliphatic carbocycles. The van der Waals surface area contributed by atoms with Gasteiger partial charge in [0, 0.05) is 60.4 Å². The van der Waals surface area contributed by atoms with Crippen LogP contribution < -0.4 is 0 Å². The predicted molar refractivity (Wildman–Crippen MR) is 234 cm³/mol. The molecule has 5 nitrogen and oxygen atoms in total. The number of para-hydroxylation sites is 3. The van der Waals surface area contributed by atoms with Crippen molar-refractivity contribution >= 4 is 43.5 Å². The van der Waals surface area contributed by atoms with Gasteiger partial charge < -0.3 is 4.57 Å². The second-order valence-electron chi connectivity index (χ2n) is 14.2. The molecule has 0 aliphatic rings. The van der Waals surface area contributed by atoms with E-state index < -0.39 is 0 Å². The van der Waals surface area contributed by atoms with E-state index in [9.17, 15) is 0 Å². The second-order valence-corrected chi connectivity index (χ2v) is 14.2. The van der Waals surface area contributed by atoms with E-state index in [4.69, 9.17) is 19.9 Å². The first kappa shape index (κ1) is 32.7. The number of pyridine rings is 1. The number of rotatable bonds is 6. The van der Waals surface area contributed by atoms with Crippen LogP contribution in [0.15, 0.2) is 200 Å². The number of aromatic nitrogens is 5. The molecule has 0 spiro atoms. The van der Waals surface area contributed by atoms with Crippen molar-refractivity contribution in [2.24, 2.45) is 0 Å². The fraction of sp³-hybridized carbons (Fsp3) is 0. The van der Waals surface area contributed by atoms with Crippen LogP contribution in [0.4, 0.5) is 0 Å². The van der Waals surface area contributed by atoms with E-state index in [1.54, 1.807) is 0 Å². The summed E-state index contributed by atoms with van der Waals surface area (Å²) < 4.78 is 2.42. The second kappa shape index (κ2) is 13.5. The molecular formula is C52H33N5. The Kier molecular flexibility index (Phi) is 7.74. The van der Waals surface area contributed by atoms with E-state index >= 15 is 0 Å². The van der Waals surface area contributed by atoms with Gasteiger partial charge in [-0.05, 0) is 23.8 Å². The smallest absolute Gasteiger partial charge is 0.164 e. The molecule has 0 bridgehead atoms. The number of fused-ring (bicyclic) bond motifs is 7. The quantitative estimate of drug-likeness (QED) is 0.160. The maximum atomic E-state index is 5.54. The van der Waals surface area contributed by atoms with Crippen LogP contribution in [0.3, 0.4) is 0 Å². The molecule has 3 heterocycles. The molecule has 0 radical (unpaired) electrons. The first-order valence-electron chi connectivity index (χ1n) is 19.2. The average molecular weight is 728 g/mol. The van der Waals surface area contributed by atoms with Gasteiger partial charge in [0.2, 0.25) is 0 Å². The van der Waals surface area contributed by atoms with Gasteiger partial charge in [0.25, 0.3) is 0 Å². The highest BCUT2D eigenvalue weighted by atomic mass is 15.0.